The van der Waals surface area contributed by atoms with Crippen LogP contribution in [0, 0.1) is 0 Å². The Bertz CT molecular complexity index is 262. The number of benzene rings is 1. The van der Waals surface area contributed by atoms with Crippen molar-refractivity contribution in [2.45, 2.75) is 12.1 Å². The minimum atomic E-state index is -0.574. The van der Waals surface area contributed by atoms with E-state index < -0.39 is 5.53 Å². The number of ether oxygens (including phenoxy) is 2. The van der Waals surface area contributed by atoms with E-state index >= 15 is 0 Å². The summed E-state index contributed by atoms with van der Waals surface area (Å²) < 4.78 is 10.5. The molecule has 0 saturated heterocycles. The Morgan fingerprint density at radius 2 is 1.79 bits per heavy atom. The van der Waals surface area contributed by atoms with Gasteiger partial charge in [-0.25, -0.2) is 0 Å². The van der Waals surface area contributed by atoms with Gasteiger partial charge in [0.25, 0.3) is 0 Å². The zero-order chi connectivity index (χ0) is 10.4. The third kappa shape index (κ3) is 3.23. The van der Waals surface area contributed by atoms with Crippen LogP contribution in [0.2, 0.25) is 0 Å². The molecule has 0 unspecified atom stereocenters. The molecule has 1 aromatic rings. The first-order chi connectivity index (χ1) is 6.70. The molecular formula is C10H17NO2Si. The summed E-state index contributed by atoms with van der Waals surface area (Å²) >= 11 is 0. The van der Waals surface area contributed by atoms with E-state index in [9.17, 15) is 0 Å². The SMILES string of the molecule is COC([SiH3])(NCc1ccccc1)OC. The molecule has 1 N–H and O–H groups in total. The van der Waals surface area contributed by atoms with Gasteiger partial charge in [0.2, 0.25) is 0 Å². The summed E-state index contributed by atoms with van der Waals surface area (Å²) in [6, 6.07) is 10.2. The van der Waals surface area contributed by atoms with Gasteiger partial charge in [0, 0.05) is 20.8 Å². The van der Waals surface area contributed by atoms with Crippen molar-refractivity contribution in [3.63, 3.8) is 0 Å². The number of nitrogens with one attached hydrogen (secondary N) is 1. The van der Waals surface area contributed by atoms with Gasteiger partial charge in [0.1, 0.15) is 0 Å². The van der Waals surface area contributed by atoms with E-state index in [2.05, 4.69) is 17.4 Å². The number of rotatable bonds is 5. The van der Waals surface area contributed by atoms with Crippen LogP contribution in [-0.2, 0) is 16.0 Å². The van der Waals surface area contributed by atoms with E-state index in [0.717, 1.165) is 16.8 Å². The van der Waals surface area contributed by atoms with Gasteiger partial charge in [0.05, 0.1) is 10.2 Å². The highest BCUT2D eigenvalue weighted by molar-refractivity contribution is 6.13. The van der Waals surface area contributed by atoms with Crippen LogP contribution >= 0.6 is 0 Å². The highest BCUT2D eigenvalue weighted by atomic mass is 28.1. The van der Waals surface area contributed by atoms with Crippen LogP contribution in [0.5, 0.6) is 0 Å². The molecule has 0 heterocycles. The van der Waals surface area contributed by atoms with Gasteiger partial charge >= 0.3 is 0 Å². The lowest BCUT2D eigenvalue weighted by Crippen LogP contribution is -2.48. The molecule has 0 aliphatic rings. The molecule has 0 radical (unpaired) electrons. The first-order valence-corrected chi connectivity index (χ1v) is 5.59. The summed E-state index contributed by atoms with van der Waals surface area (Å²) in [5.41, 5.74) is 0.650. The second-order valence-electron chi connectivity index (χ2n) is 3.19. The summed E-state index contributed by atoms with van der Waals surface area (Å²) in [6.07, 6.45) is 0. The highest BCUT2D eigenvalue weighted by Gasteiger charge is 2.20. The van der Waals surface area contributed by atoms with Gasteiger partial charge in [-0.05, 0) is 5.56 Å². The average Bonchev–Trinajstić information content (AvgIpc) is 2.27. The maximum atomic E-state index is 5.24. The molecule has 1 rings (SSSR count). The number of methoxy groups -OCH3 is 2. The third-order valence-corrected chi connectivity index (χ3v) is 3.41. The summed E-state index contributed by atoms with van der Waals surface area (Å²) in [5, 5.41) is 3.23. The van der Waals surface area contributed by atoms with Crippen LogP contribution in [0.1, 0.15) is 5.56 Å². The summed E-state index contributed by atoms with van der Waals surface area (Å²) in [5.74, 6) is 0. The Kier molecular flexibility index (Phi) is 4.28. The smallest absolute Gasteiger partial charge is 0.193 e. The molecule has 4 heteroatoms. The van der Waals surface area contributed by atoms with Gasteiger partial charge in [-0.3, -0.25) is 5.32 Å². The van der Waals surface area contributed by atoms with E-state index in [-0.39, 0.29) is 0 Å². The van der Waals surface area contributed by atoms with Gasteiger partial charge < -0.3 is 9.47 Å². The molecule has 78 valence electrons. The third-order valence-electron chi connectivity index (χ3n) is 2.24. The molecule has 1 aromatic carbocycles. The quantitative estimate of drug-likeness (QED) is 0.551. The zero-order valence-electron chi connectivity index (χ0n) is 8.91. The maximum Gasteiger partial charge on any atom is 0.193 e. The van der Waals surface area contributed by atoms with Crippen molar-refractivity contribution >= 4 is 10.2 Å². The van der Waals surface area contributed by atoms with Crippen molar-refractivity contribution < 1.29 is 9.47 Å². The molecule has 14 heavy (non-hydrogen) atoms. The molecule has 0 saturated carbocycles. The lowest BCUT2D eigenvalue weighted by molar-refractivity contribution is -0.164. The molecule has 0 aromatic heterocycles. The Morgan fingerprint density at radius 3 is 2.29 bits per heavy atom. The second-order valence-corrected chi connectivity index (χ2v) is 4.51. The first-order valence-electron chi connectivity index (χ1n) is 4.59. The first kappa shape index (κ1) is 11.4. The summed E-state index contributed by atoms with van der Waals surface area (Å²) in [7, 11) is 4.07. The fourth-order valence-electron chi connectivity index (χ4n) is 1.09. The van der Waals surface area contributed by atoms with Crippen molar-refractivity contribution in [3.8, 4) is 0 Å². The molecular weight excluding hydrogens is 194 g/mol. The Labute approximate surface area is 87.8 Å². The Hall–Kier alpha value is -0.683. The molecule has 0 spiro atoms. The lowest BCUT2D eigenvalue weighted by Gasteiger charge is -2.28. The van der Waals surface area contributed by atoms with Crippen molar-refractivity contribution in [2.24, 2.45) is 0 Å². The molecule has 0 aliphatic carbocycles. The standard InChI is InChI=1S/C10H17NO2Si/c1-12-10(14,13-2)11-8-9-6-4-3-5-7-9/h3-7,11H,8H2,1-2,14H3. The van der Waals surface area contributed by atoms with Crippen molar-refractivity contribution in [1.82, 2.24) is 5.32 Å². The Balaban J connectivity index is 2.48. The van der Waals surface area contributed by atoms with Crippen molar-refractivity contribution in [1.29, 1.82) is 0 Å². The van der Waals surface area contributed by atoms with E-state index in [4.69, 9.17) is 9.47 Å². The van der Waals surface area contributed by atoms with E-state index in [1.54, 1.807) is 14.2 Å². The van der Waals surface area contributed by atoms with Crippen LogP contribution in [-0.4, -0.2) is 30.0 Å². The van der Waals surface area contributed by atoms with Crippen LogP contribution in [0.3, 0.4) is 0 Å². The molecule has 3 nitrogen and oxygen atoms in total. The largest absolute Gasteiger partial charge is 0.345 e. The lowest BCUT2D eigenvalue weighted by atomic mass is 10.2. The van der Waals surface area contributed by atoms with Crippen LogP contribution < -0.4 is 5.32 Å². The van der Waals surface area contributed by atoms with Gasteiger partial charge in [-0.2, -0.15) is 0 Å². The minimum absolute atomic E-state index is 0.574. The van der Waals surface area contributed by atoms with Crippen LogP contribution in [0.25, 0.3) is 0 Å². The molecule has 0 atom stereocenters. The molecule has 0 amide bonds. The predicted molar refractivity (Wildman–Crippen MR) is 60.0 cm³/mol. The topological polar surface area (TPSA) is 30.5 Å². The minimum Gasteiger partial charge on any atom is -0.345 e. The summed E-state index contributed by atoms with van der Waals surface area (Å²) in [6.45, 7) is 0.756. The van der Waals surface area contributed by atoms with Crippen molar-refractivity contribution in [3.05, 3.63) is 35.9 Å². The molecule has 0 bridgehead atoms. The van der Waals surface area contributed by atoms with Crippen molar-refractivity contribution in [2.75, 3.05) is 14.2 Å². The Morgan fingerprint density at radius 1 is 1.21 bits per heavy atom. The fourth-order valence-corrected chi connectivity index (χ4v) is 1.26. The van der Waals surface area contributed by atoms with Crippen LogP contribution in [0.15, 0.2) is 30.3 Å². The van der Waals surface area contributed by atoms with E-state index in [0.29, 0.717) is 0 Å². The fraction of sp³-hybridized carbons (Fsp3) is 0.400. The monoisotopic (exact) mass is 211 g/mol. The van der Waals surface area contributed by atoms with Crippen LogP contribution in [0.4, 0.5) is 0 Å². The normalized spacial score (nSPS) is 11.9. The molecule has 0 fully saturated rings. The zero-order valence-corrected chi connectivity index (χ0v) is 10.9. The molecule has 0 aliphatic heterocycles. The number of hydrogen-bond acceptors (Lipinski definition) is 3. The van der Waals surface area contributed by atoms with E-state index in [1.807, 2.05) is 18.2 Å². The van der Waals surface area contributed by atoms with Gasteiger partial charge in [0.15, 0.2) is 5.53 Å². The second kappa shape index (κ2) is 5.26. The number of hydrogen-bond donors (Lipinski definition) is 1. The average molecular weight is 211 g/mol. The maximum absolute atomic E-state index is 5.24. The summed E-state index contributed by atoms with van der Waals surface area (Å²) in [4.78, 5) is 0. The predicted octanol–water partition coefficient (Wildman–Crippen LogP) is 0.0457. The van der Waals surface area contributed by atoms with E-state index in [1.165, 1.54) is 5.56 Å². The van der Waals surface area contributed by atoms with Gasteiger partial charge in [-0.1, -0.05) is 30.3 Å². The highest BCUT2D eigenvalue weighted by Crippen LogP contribution is 2.04. The van der Waals surface area contributed by atoms with Gasteiger partial charge in [-0.15, -0.1) is 0 Å².